The van der Waals surface area contributed by atoms with Crippen molar-refractivity contribution in [3.63, 3.8) is 0 Å². The van der Waals surface area contributed by atoms with Crippen LogP contribution >= 0.6 is 50.4 Å². The molecule has 12 heteroatoms. The number of rotatable bonds is 11. The third kappa shape index (κ3) is 7.81. The number of thiophene rings is 1. The van der Waals surface area contributed by atoms with Gasteiger partial charge in [-0.2, -0.15) is 4.99 Å². The van der Waals surface area contributed by atoms with Crippen molar-refractivity contribution >= 4 is 83.4 Å². The van der Waals surface area contributed by atoms with E-state index in [9.17, 15) is 14.4 Å². The van der Waals surface area contributed by atoms with E-state index in [1.807, 2.05) is 29.7 Å². The summed E-state index contributed by atoms with van der Waals surface area (Å²) in [7, 11) is 0. The number of nitrogens with one attached hydrogen (secondary N) is 1. The summed E-state index contributed by atoms with van der Waals surface area (Å²) in [6, 6.07) is 5.97. The van der Waals surface area contributed by atoms with Crippen LogP contribution in [-0.2, 0) is 38.4 Å². The van der Waals surface area contributed by atoms with Gasteiger partial charge in [0.15, 0.2) is 4.80 Å². The van der Waals surface area contributed by atoms with Gasteiger partial charge in [0.05, 0.1) is 40.5 Å². The number of fused-ring (bicyclic) bond motifs is 2. The van der Waals surface area contributed by atoms with Crippen LogP contribution in [-0.4, -0.2) is 53.7 Å². The number of aromatic nitrogens is 1. The molecule has 3 aromatic rings. The monoisotopic (exact) mass is 653 g/mol. The maximum Gasteiger partial charge on any atom is 0.341 e. The van der Waals surface area contributed by atoms with E-state index in [0.717, 1.165) is 57.2 Å². The van der Waals surface area contributed by atoms with Crippen LogP contribution in [0.5, 0.6) is 0 Å². The van der Waals surface area contributed by atoms with Gasteiger partial charge in [0, 0.05) is 22.5 Å². The molecule has 0 radical (unpaired) electrons. The number of halogens is 1. The van der Waals surface area contributed by atoms with Gasteiger partial charge >= 0.3 is 5.97 Å². The van der Waals surface area contributed by atoms with Gasteiger partial charge in [0.25, 0.3) is 5.91 Å². The molecule has 0 atom stereocenters. The quantitative estimate of drug-likeness (QED) is 0.159. The maximum absolute atomic E-state index is 12.8. The van der Waals surface area contributed by atoms with Crippen LogP contribution in [0.4, 0.5) is 5.00 Å². The number of hydrogen-bond acceptors (Lipinski definition) is 8. The number of ether oxygens (including phenoxy) is 2. The fourth-order valence-corrected chi connectivity index (χ4v) is 7.95. The zero-order valence-electron chi connectivity index (χ0n) is 22.0. The van der Waals surface area contributed by atoms with E-state index >= 15 is 0 Å². The highest BCUT2D eigenvalue weighted by Crippen LogP contribution is 2.38. The maximum atomic E-state index is 12.8. The van der Waals surface area contributed by atoms with Crippen LogP contribution in [0.2, 0.25) is 0 Å². The summed E-state index contributed by atoms with van der Waals surface area (Å²) in [6.45, 7) is 5.73. The lowest BCUT2D eigenvalue weighted by atomic mass is 10.1. The number of carbonyl (C=O) groups excluding carboxylic acids is 3. The first-order chi connectivity index (χ1) is 18.9. The van der Waals surface area contributed by atoms with Gasteiger partial charge in [-0.3, -0.25) is 9.59 Å². The molecule has 0 saturated heterocycles. The average molecular weight is 655 g/mol. The minimum Gasteiger partial charge on any atom is -0.462 e. The van der Waals surface area contributed by atoms with E-state index in [-0.39, 0.29) is 35.9 Å². The lowest BCUT2D eigenvalue weighted by molar-refractivity contribution is -0.115. The Hall–Kier alpha value is -1.99. The topological polar surface area (TPSA) is 99.0 Å². The van der Waals surface area contributed by atoms with Gasteiger partial charge in [-0.1, -0.05) is 33.7 Å². The second-order valence-corrected chi connectivity index (χ2v) is 12.9. The number of thioether (sulfide) groups is 1. The van der Waals surface area contributed by atoms with Gasteiger partial charge in [-0.25, -0.2) is 4.79 Å². The van der Waals surface area contributed by atoms with E-state index in [0.29, 0.717) is 35.1 Å². The first-order valence-corrected chi connectivity index (χ1v) is 16.6. The third-order valence-corrected chi connectivity index (χ3v) is 9.80. The normalized spacial score (nSPS) is 13.8. The van der Waals surface area contributed by atoms with Crippen molar-refractivity contribution in [1.82, 2.24) is 4.57 Å². The van der Waals surface area contributed by atoms with Crippen LogP contribution in [0.1, 0.15) is 53.9 Å². The number of benzene rings is 1. The summed E-state index contributed by atoms with van der Waals surface area (Å²) in [4.78, 5) is 44.3. The molecule has 0 saturated carbocycles. The molecule has 210 valence electrons. The van der Waals surface area contributed by atoms with Crippen LogP contribution in [0.25, 0.3) is 10.2 Å². The van der Waals surface area contributed by atoms with Crippen molar-refractivity contribution in [3.8, 4) is 0 Å². The lowest BCUT2D eigenvalue weighted by Crippen LogP contribution is -2.20. The Morgan fingerprint density at radius 2 is 1.92 bits per heavy atom. The smallest absolute Gasteiger partial charge is 0.341 e. The summed E-state index contributed by atoms with van der Waals surface area (Å²) in [6.07, 6.45) is 4.96. The number of anilines is 1. The van der Waals surface area contributed by atoms with Crippen LogP contribution in [0.3, 0.4) is 0 Å². The number of thiazole rings is 1. The summed E-state index contributed by atoms with van der Waals surface area (Å²) >= 11 is 7.62. The molecule has 2 heterocycles. The predicted molar refractivity (Wildman–Crippen MR) is 162 cm³/mol. The fourth-order valence-electron chi connectivity index (χ4n) is 4.43. The van der Waals surface area contributed by atoms with E-state index in [1.54, 1.807) is 6.92 Å². The summed E-state index contributed by atoms with van der Waals surface area (Å²) < 4.78 is 14.8. The molecule has 0 bridgehead atoms. The molecular weight excluding hydrogens is 622 g/mol. The highest BCUT2D eigenvalue weighted by molar-refractivity contribution is 9.10. The second-order valence-electron chi connectivity index (χ2n) is 8.88. The molecular formula is C27H32BrN3O5S3. The number of carbonyl (C=O) groups is 3. The van der Waals surface area contributed by atoms with Crippen molar-refractivity contribution < 1.29 is 23.9 Å². The zero-order chi connectivity index (χ0) is 27.8. The Kier molecular flexibility index (Phi) is 11.2. The highest BCUT2D eigenvalue weighted by Gasteiger charge is 2.26. The van der Waals surface area contributed by atoms with Crippen molar-refractivity contribution in [2.45, 2.75) is 52.5 Å². The van der Waals surface area contributed by atoms with E-state index in [2.05, 4.69) is 26.2 Å². The van der Waals surface area contributed by atoms with Crippen molar-refractivity contribution in [1.29, 1.82) is 0 Å². The number of nitrogens with zero attached hydrogens (tertiary/aromatic N) is 2. The third-order valence-electron chi connectivity index (χ3n) is 6.14. The molecule has 0 unspecified atom stereocenters. The first kappa shape index (κ1) is 30.0. The zero-order valence-corrected chi connectivity index (χ0v) is 26.1. The number of hydrogen-bond donors (Lipinski definition) is 1. The summed E-state index contributed by atoms with van der Waals surface area (Å²) in [5.41, 5.74) is 2.50. The summed E-state index contributed by atoms with van der Waals surface area (Å²) in [5.74, 6) is -0.799. The first-order valence-electron chi connectivity index (χ1n) is 13.0. The van der Waals surface area contributed by atoms with E-state index < -0.39 is 0 Å². The Balaban J connectivity index is 1.41. The second kappa shape index (κ2) is 14.6. The Morgan fingerprint density at radius 1 is 1.10 bits per heavy atom. The van der Waals surface area contributed by atoms with Gasteiger partial charge in [-0.15, -0.1) is 23.1 Å². The largest absolute Gasteiger partial charge is 0.462 e. The minimum absolute atomic E-state index is 0.0719. The average Bonchev–Trinajstić information content (AvgIpc) is 3.30. The number of esters is 1. The highest BCUT2D eigenvalue weighted by atomic mass is 79.9. The molecule has 0 aliphatic heterocycles. The van der Waals surface area contributed by atoms with Gasteiger partial charge in [0.2, 0.25) is 5.91 Å². The van der Waals surface area contributed by atoms with Crippen LogP contribution in [0, 0.1) is 0 Å². The minimum atomic E-state index is -0.387. The Labute approximate surface area is 248 Å². The van der Waals surface area contributed by atoms with Crippen LogP contribution in [0.15, 0.2) is 27.7 Å². The van der Waals surface area contributed by atoms with Gasteiger partial charge in [-0.05, 0) is 63.3 Å². The van der Waals surface area contributed by atoms with Crippen molar-refractivity contribution in [2.75, 3.05) is 36.6 Å². The molecule has 2 amide bonds. The number of aryl methyl sites for hydroxylation is 1. The Bertz CT molecular complexity index is 1410. The van der Waals surface area contributed by atoms with E-state index in [1.165, 1.54) is 34.4 Å². The standard InChI is InChI=1S/C27H32BrN3O5S3/c1-3-35-13-12-31-19-11-10-17(28)14-21(19)39-27(31)30-23(33)16-37-15-22(32)29-25-24(26(34)36-4-2)18-8-6-5-7-9-20(18)38-25/h10-11,14H,3-9,12-13,15-16H2,1-2H3,(H,29,32). The number of amides is 2. The van der Waals surface area contributed by atoms with Crippen molar-refractivity contribution in [3.05, 3.63) is 43.5 Å². The van der Waals surface area contributed by atoms with E-state index in [4.69, 9.17) is 9.47 Å². The molecule has 1 aromatic carbocycles. The molecule has 0 fully saturated rings. The SMILES string of the molecule is CCOCCn1c(=NC(=O)CSCC(=O)Nc2sc3c(c2C(=O)OCC)CCCCC3)sc2cc(Br)ccc21. The predicted octanol–water partition coefficient (Wildman–Crippen LogP) is 5.81. The molecule has 39 heavy (non-hydrogen) atoms. The summed E-state index contributed by atoms with van der Waals surface area (Å²) in [5, 5.41) is 3.46. The molecule has 1 aliphatic rings. The van der Waals surface area contributed by atoms with Gasteiger partial charge < -0.3 is 19.4 Å². The van der Waals surface area contributed by atoms with Crippen LogP contribution < -0.4 is 10.1 Å². The van der Waals surface area contributed by atoms with Crippen molar-refractivity contribution in [2.24, 2.45) is 4.99 Å². The molecule has 1 N–H and O–H groups in total. The lowest BCUT2D eigenvalue weighted by Gasteiger charge is -2.08. The molecule has 0 spiro atoms. The molecule has 4 rings (SSSR count). The molecule has 2 aromatic heterocycles. The van der Waals surface area contributed by atoms with Gasteiger partial charge in [0.1, 0.15) is 5.00 Å². The molecule has 8 nitrogen and oxygen atoms in total. The fraction of sp³-hybridized carbons (Fsp3) is 0.481. The Morgan fingerprint density at radius 3 is 2.72 bits per heavy atom. The molecule has 1 aliphatic carbocycles.